The molecule has 0 aliphatic rings. The second-order valence-electron chi connectivity index (χ2n) is 4.66. The first-order valence-electron chi connectivity index (χ1n) is 7.39. The molecule has 0 heterocycles. The van der Waals surface area contributed by atoms with Crippen LogP contribution in [0.1, 0.15) is 22.8 Å². The molecule has 0 radical (unpaired) electrons. The Morgan fingerprint density at radius 3 is 2.42 bits per heavy atom. The van der Waals surface area contributed by atoms with Gasteiger partial charge in [0.25, 0.3) is 0 Å². The highest BCUT2D eigenvalue weighted by Crippen LogP contribution is 2.31. The predicted octanol–water partition coefficient (Wildman–Crippen LogP) is 4.50. The van der Waals surface area contributed by atoms with Gasteiger partial charge in [-0.2, -0.15) is 5.26 Å². The third-order valence-corrected chi connectivity index (χ3v) is 3.99. The topological polar surface area (TPSA) is 59.3 Å². The number of allylic oxidation sites excluding steroid dienone is 1. The van der Waals surface area contributed by atoms with Crippen LogP contribution < -0.4 is 4.74 Å². The smallest absolute Gasteiger partial charge is 0.341 e. The Morgan fingerprint density at radius 2 is 1.79 bits per heavy atom. The van der Waals surface area contributed by atoms with Crippen LogP contribution in [0.4, 0.5) is 0 Å². The molecule has 0 spiro atoms. The number of thioether (sulfide) groups is 1. The minimum absolute atomic E-state index is 0.312. The van der Waals surface area contributed by atoms with Crippen LogP contribution in [0.15, 0.2) is 59.5 Å². The van der Waals surface area contributed by atoms with Crippen molar-refractivity contribution < 1.29 is 14.3 Å². The summed E-state index contributed by atoms with van der Waals surface area (Å²) in [6.45, 7) is 1.97. The number of hydrogen-bond donors (Lipinski definition) is 0. The van der Waals surface area contributed by atoms with Crippen molar-refractivity contribution in [1.29, 1.82) is 5.26 Å². The third kappa shape index (κ3) is 4.18. The van der Waals surface area contributed by atoms with E-state index >= 15 is 0 Å². The van der Waals surface area contributed by atoms with Crippen molar-refractivity contribution in [2.24, 2.45) is 0 Å². The molecule has 24 heavy (non-hydrogen) atoms. The second kappa shape index (κ2) is 8.80. The number of benzene rings is 2. The van der Waals surface area contributed by atoms with Crippen LogP contribution in [-0.4, -0.2) is 18.8 Å². The molecule has 0 aromatic heterocycles. The second-order valence-corrected chi connectivity index (χ2v) is 5.93. The van der Waals surface area contributed by atoms with Crippen molar-refractivity contribution in [3.63, 3.8) is 0 Å². The summed E-state index contributed by atoms with van der Waals surface area (Å²) >= 11 is 1.40. The van der Waals surface area contributed by atoms with E-state index in [0.717, 1.165) is 11.3 Å². The number of rotatable bonds is 6. The summed E-state index contributed by atoms with van der Waals surface area (Å²) in [5, 5.41) is 9.49. The van der Waals surface area contributed by atoms with Gasteiger partial charge in [-0.1, -0.05) is 49.4 Å². The van der Waals surface area contributed by atoms with E-state index in [2.05, 4.69) is 6.07 Å². The number of para-hydroxylation sites is 1. The summed E-state index contributed by atoms with van der Waals surface area (Å²) in [6.07, 6.45) is 0. The van der Waals surface area contributed by atoms with Gasteiger partial charge in [0.05, 0.1) is 7.11 Å². The highest BCUT2D eigenvalue weighted by molar-refractivity contribution is 8.03. The molecule has 0 saturated carbocycles. The highest BCUT2D eigenvalue weighted by Gasteiger charge is 2.17. The molecular weight excluding hydrogens is 322 g/mol. The molecule has 0 unspecified atom stereocenters. The number of ether oxygens (including phenoxy) is 2. The molecule has 0 fully saturated rings. The van der Waals surface area contributed by atoms with Gasteiger partial charge in [0.15, 0.2) is 5.76 Å². The fourth-order valence-electron chi connectivity index (χ4n) is 2.06. The first-order valence-corrected chi connectivity index (χ1v) is 8.37. The molecule has 2 rings (SSSR count). The normalized spacial score (nSPS) is 11.2. The van der Waals surface area contributed by atoms with Gasteiger partial charge in [-0.15, -0.1) is 11.8 Å². The molecule has 2 aromatic rings. The highest BCUT2D eigenvalue weighted by atomic mass is 32.2. The fourth-order valence-corrected chi connectivity index (χ4v) is 2.71. The lowest BCUT2D eigenvalue weighted by Gasteiger charge is -2.14. The van der Waals surface area contributed by atoms with Crippen LogP contribution in [0, 0.1) is 11.3 Å². The zero-order chi connectivity index (χ0) is 17.4. The number of carbonyl (C=O) groups is 1. The van der Waals surface area contributed by atoms with Crippen LogP contribution >= 0.6 is 11.8 Å². The molecule has 122 valence electrons. The average Bonchev–Trinajstić information content (AvgIpc) is 2.65. The van der Waals surface area contributed by atoms with Crippen molar-refractivity contribution in [1.82, 2.24) is 0 Å². The van der Waals surface area contributed by atoms with Gasteiger partial charge in [-0.05, 0) is 17.9 Å². The van der Waals surface area contributed by atoms with E-state index < -0.39 is 5.97 Å². The number of hydrogen-bond acceptors (Lipinski definition) is 5. The van der Waals surface area contributed by atoms with E-state index in [4.69, 9.17) is 9.47 Å². The minimum atomic E-state index is -0.486. The molecule has 0 bridgehead atoms. The lowest BCUT2D eigenvalue weighted by molar-refractivity contribution is 0.0598. The van der Waals surface area contributed by atoms with Crippen LogP contribution in [0.2, 0.25) is 0 Å². The average molecular weight is 339 g/mol. The molecule has 0 aliphatic heterocycles. The lowest BCUT2D eigenvalue weighted by atomic mass is 10.1. The Bertz CT molecular complexity index is 779. The Kier molecular flexibility index (Phi) is 6.47. The Morgan fingerprint density at radius 1 is 1.12 bits per heavy atom. The van der Waals surface area contributed by atoms with Crippen molar-refractivity contribution in [3.8, 4) is 11.8 Å². The maximum absolute atomic E-state index is 11.9. The monoisotopic (exact) mass is 339 g/mol. The Labute approximate surface area is 145 Å². The van der Waals surface area contributed by atoms with Gasteiger partial charge in [0.1, 0.15) is 22.3 Å². The number of nitrogens with zero attached hydrogens (tertiary/aromatic N) is 1. The van der Waals surface area contributed by atoms with Crippen molar-refractivity contribution in [2.45, 2.75) is 6.92 Å². The molecule has 5 heteroatoms. The Balaban J connectivity index is 2.52. The first kappa shape index (κ1) is 17.6. The first-order chi connectivity index (χ1) is 11.7. The molecule has 0 aliphatic carbocycles. The molecule has 4 nitrogen and oxygen atoms in total. The summed E-state index contributed by atoms with van der Waals surface area (Å²) in [5.74, 6) is 1.04. The predicted molar refractivity (Wildman–Crippen MR) is 95.5 cm³/mol. The summed E-state index contributed by atoms with van der Waals surface area (Å²) in [7, 11) is 1.32. The van der Waals surface area contributed by atoms with Crippen LogP contribution in [-0.2, 0) is 4.74 Å². The molecular formula is C19H17NO3S. The number of nitriles is 1. The van der Waals surface area contributed by atoms with Crippen LogP contribution in [0.5, 0.6) is 5.75 Å². The van der Waals surface area contributed by atoms with E-state index in [1.54, 1.807) is 24.3 Å². The van der Waals surface area contributed by atoms with E-state index in [0.29, 0.717) is 22.0 Å². The molecule has 0 saturated heterocycles. The summed E-state index contributed by atoms with van der Waals surface area (Å²) in [4.78, 5) is 12.4. The largest absolute Gasteiger partial charge is 0.465 e. The number of methoxy groups -OCH3 is 1. The van der Waals surface area contributed by atoms with Gasteiger partial charge >= 0.3 is 5.97 Å². The van der Waals surface area contributed by atoms with E-state index in [1.165, 1.54) is 18.9 Å². The summed E-state index contributed by atoms with van der Waals surface area (Å²) < 4.78 is 10.8. The third-order valence-electron chi connectivity index (χ3n) is 3.14. The van der Waals surface area contributed by atoms with Crippen LogP contribution in [0.25, 0.3) is 5.76 Å². The van der Waals surface area contributed by atoms with Crippen LogP contribution in [0.3, 0.4) is 0 Å². The number of carbonyl (C=O) groups excluding carboxylic acids is 1. The van der Waals surface area contributed by atoms with E-state index in [-0.39, 0.29) is 0 Å². The van der Waals surface area contributed by atoms with Gasteiger partial charge in [-0.3, -0.25) is 0 Å². The van der Waals surface area contributed by atoms with Gasteiger partial charge in [-0.25, -0.2) is 4.79 Å². The van der Waals surface area contributed by atoms with Crippen molar-refractivity contribution in [2.75, 3.05) is 12.9 Å². The minimum Gasteiger partial charge on any atom is -0.465 e. The zero-order valence-electron chi connectivity index (χ0n) is 13.5. The quantitative estimate of drug-likeness (QED) is 0.441. The summed E-state index contributed by atoms with van der Waals surface area (Å²) in [6, 6.07) is 18.4. The molecule has 0 N–H and O–H groups in total. The lowest BCUT2D eigenvalue weighted by Crippen LogP contribution is -2.06. The van der Waals surface area contributed by atoms with Gasteiger partial charge in [0.2, 0.25) is 0 Å². The molecule has 2 aromatic carbocycles. The van der Waals surface area contributed by atoms with Gasteiger partial charge in [0, 0.05) is 5.56 Å². The van der Waals surface area contributed by atoms with E-state index in [1.807, 2.05) is 37.3 Å². The van der Waals surface area contributed by atoms with Crippen molar-refractivity contribution in [3.05, 3.63) is 70.6 Å². The fraction of sp³-hybridized carbons (Fsp3) is 0.158. The maximum atomic E-state index is 11.9. The van der Waals surface area contributed by atoms with Crippen molar-refractivity contribution >= 4 is 23.5 Å². The molecule has 0 atom stereocenters. The Hall–Kier alpha value is -2.71. The summed E-state index contributed by atoms with van der Waals surface area (Å²) in [5.41, 5.74) is 1.09. The maximum Gasteiger partial charge on any atom is 0.341 e. The standard InChI is InChI=1S/C19H17NO3S/c1-3-24-17(13-20)18(14-9-5-4-6-10-14)23-16-12-8-7-11-15(16)19(21)22-2/h4-12H,3H2,1-2H3/b18-17-. The SMILES string of the molecule is CCS/C(C#N)=C(\Oc1ccccc1C(=O)OC)c1ccccc1. The van der Waals surface area contributed by atoms with E-state index in [9.17, 15) is 10.1 Å². The van der Waals surface area contributed by atoms with Gasteiger partial charge < -0.3 is 9.47 Å². The zero-order valence-corrected chi connectivity index (χ0v) is 14.3. The molecule has 0 amide bonds. The number of esters is 1.